The number of pyridine rings is 1. The lowest BCUT2D eigenvalue weighted by molar-refractivity contribution is -0.156. The number of alkyl halides is 3. The summed E-state index contributed by atoms with van der Waals surface area (Å²) >= 11 is 1.05. The van der Waals surface area contributed by atoms with E-state index >= 15 is 0 Å². The number of carbonyl (C=O) groups is 1. The highest BCUT2D eigenvalue weighted by atomic mass is 32.1. The monoisotopic (exact) mass is 606 g/mol. The van der Waals surface area contributed by atoms with Crippen molar-refractivity contribution in [3.05, 3.63) is 89.3 Å². The van der Waals surface area contributed by atoms with E-state index in [2.05, 4.69) is 25.3 Å². The van der Waals surface area contributed by atoms with Crippen LogP contribution in [0.15, 0.2) is 78.7 Å². The highest BCUT2D eigenvalue weighted by molar-refractivity contribution is 7.12. The number of nitrogens with one attached hydrogen (secondary N) is 1. The molecule has 1 fully saturated rings. The quantitative estimate of drug-likeness (QED) is 0.209. The highest BCUT2D eigenvalue weighted by Gasteiger charge is 2.43. The molecule has 5 heterocycles. The fourth-order valence-corrected chi connectivity index (χ4v) is 5.93. The van der Waals surface area contributed by atoms with Crippen LogP contribution in [0, 0.1) is 0 Å². The number of thiophene rings is 1. The van der Waals surface area contributed by atoms with Gasteiger partial charge in [0.25, 0.3) is 5.91 Å². The van der Waals surface area contributed by atoms with Gasteiger partial charge in [0, 0.05) is 36.3 Å². The Bertz CT molecular complexity index is 1680. The van der Waals surface area contributed by atoms with Gasteiger partial charge in [-0.25, -0.2) is 9.50 Å². The highest BCUT2D eigenvalue weighted by Crippen LogP contribution is 2.34. The van der Waals surface area contributed by atoms with Gasteiger partial charge in [-0.05, 0) is 72.8 Å². The number of benzene rings is 1. The Morgan fingerprint density at radius 3 is 2.56 bits per heavy atom. The van der Waals surface area contributed by atoms with Crippen molar-refractivity contribution in [1.29, 1.82) is 0 Å². The second-order valence-corrected chi connectivity index (χ2v) is 11.3. The molecule has 1 saturated heterocycles. The van der Waals surface area contributed by atoms with E-state index in [4.69, 9.17) is 4.74 Å². The van der Waals surface area contributed by atoms with Crippen LogP contribution in [-0.4, -0.2) is 62.8 Å². The van der Waals surface area contributed by atoms with Crippen LogP contribution in [0.25, 0.3) is 27.9 Å². The smallest absolute Gasteiger partial charge is 0.414 e. The predicted octanol–water partition coefficient (Wildman–Crippen LogP) is 6.42. The third-order valence-electron chi connectivity index (χ3n) is 7.39. The number of amides is 1. The second-order valence-electron chi connectivity index (χ2n) is 10.3. The largest absolute Gasteiger partial charge is 0.492 e. The number of likely N-dealkylation sites (tertiary alicyclic amines) is 1. The van der Waals surface area contributed by atoms with Crippen LogP contribution in [0.3, 0.4) is 0 Å². The molecule has 5 aromatic rings. The summed E-state index contributed by atoms with van der Waals surface area (Å²) < 4.78 is 48.7. The van der Waals surface area contributed by atoms with Crippen molar-refractivity contribution in [3.63, 3.8) is 0 Å². The number of fused-ring (bicyclic) bond motifs is 1. The summed E-state index contributed by atoms with van der Waals surface area (Å²) in [6.07, 6.45) is 5.62. The maximum atomic E-state index is 13.7. The minimum atomic E-state index is -4.70. The summed E-state index contributed by atoms with van der Waals surface area (Å²) in [7, 11) is 0. The van der Waals surface area contributed by atoms with E-state index in [-0.39, 0.29) is 10.6 Å². The van der Waals surface area contributed by atoms with Gasteiger partial charge in [-0.3, -0.25) is 14.7 Å². The van der Waals surface area contributed by atoms with Crippen LogP contribution in [0.4, 0.5) is 13.2 Å². The van der Waals surface area contributed by atoms with E-state index in [1.807, 2.05) is 30.5 Å². The molecule has 0 spiro atoms. The molecule has 0 saturated carbocycles. The number of piperidine rings is 1. The van der Waals surface area contributed by atoms with E-state index in [1.165, 1.54) is 43.7 Å². The molecule has 0 aliphatic carbocycles. The van der Waals surface area contributed by atoms with Gasteiger partial charge in [0.1, 0.15) is 12.4 Å². The fraction of sp³-hybridized carbons (Fsp3) is 0.290. The van der Waals surface area contributed by atoms with Crippen molar-refractivity contribution in [2.24, 2.45) is 0 Å². The molecule has 1 aliphatic heterocycles. The first-order valence-electron chi connectivity index (χ1n) is 14.0. The molecule has 1 aromatic carbocycles. The Kier molecular flexibility index (Phi) is 8.39. The van der Waals surface area contributed by atoms with Crippen molar-refractivity contribution in [1.82, 2.24) is 29.8 Å². The van der Waals surface area contributed by atoms with Crippen LogP contribution in [0.2, 0.25) is 0 Å². The predicted molar refractivity (Wildman–Crippen MR) is 158 cm³/mol. The van der Waals surface area contributed by atoms with Gasteiger partial charge in [-0.2, -0.15) is 18.3 Å². The minimum absolute atomic E-state index is 0.134. The van der Waals surface area contributed by atoms with E-state index in [0.717, 1.165) is 47.8 Å². The molecule has 0 radical (unpaired) electrons. The molecular formula is C31H29F3N6O2S. The number of halogens is 3. The van der Waals surface area contributed by atoms with Gasteiger partial charge in [-0.1, -0.05) is 24.6 Å². The molecule has 43 heavy (non-hydrogen) atoms. The van der Waals surface area contributed by atoms with Crippen molar-refractivity contribution in [3.8, 4) is 28.0 Å². The molecule has 222 valence electrons. The first-order chi connectivity index (χ1) is 20.8. The average molecular weight is 607 g/mol. The van der Waals surface area contributed by atoms with Crippen molar-refractivity contribution >= 4 is 22.9 Å². The third-order valence-corrected chi connectivity index (χ3v) is 8.32. The van der Waals surface area contributed by atoms with Crippen LogP contribution >= 0.6 is 11.3 Å². The van der Waals surface area contributed by atoms with Crippen molar-refractivity contribution in [2.75, 3.05) is 26.2 Å². The van der Waals surface area contributed by atoms with E-state index in [0.29, 0.717) is 23.4 Å². The normalized spacial score (nSPS) is 15.0. The first kappa shape index (κ1) is 28.8. The second kappa shape index (κ2) is 12.5. The maximum absolute atomic E-state index is 13.7. The Labute approximate surface area is 250 Å². The Morgan fingerprint density at radius 2 is 1.81 bits per heavy atom. The van der Waals surface area contributed by atoms with Gasteiger partial charge in [-0.15, -0.1) is 11.3 Å². The number of nitrogens with zero attached hydrogens (tertiary/aromatic N) is 5. The Morgan fingerprint density at radius 1 is 1.00 bits per heavy atom. The van der Waals surface area contributed by atoms with Crippen LogP contribution < -0.4 is 10.1 Å². The first-order valence-corrected chi connectivity index (χ1v) is 14.9. The van der Waals surface area contributed by atoms with E-state index in [9.17, 15) is 18.0 Å². The standard InChI is InChI=1S/C31H29F3N6O2S/c32-31(33,34)28(26-6-2-3-11-35-26)38-30(41)27-16-22(20-43-27)25-18-37-40-19-23(17-36-29(25)40)21-7-9-24(10-8-21)42-15-14-39-12-4-1-5-13-39/h2-3,6-11,16-20,28H,1,4-5,12-15H2,(H,38,41). The number of aromatic nitrogens is 4. The Hall–Kier alpha value is -4.29. The summed E-state index contributed by atoms with van der Waals surface area (Å²) in [5.41, 5.74) is 3.40. The molecule has 8 nitrogen and oxygen atoms in total. The summed E-state index contributed by atoms with van der Waals surface area (Å²) in [5.74, 6) is -0.0232. The molecule has 1 N–H and O–H groups in total. The zero-order valence-corrected chi connectivity index (χ0v) is 23.9. The minimum Gasteiger partial charge on any atom is -0.492 e. The SMILES string of the molecule is O=C(NC(c1ccccn1)C(F)(F)F)c1cc(-c2cnn3cc(-c4ccc(OCCN5CCCCC5)cc4)cnc23)cs1. The molecule has 6 rings (SSSR count). The third kappa shape index (κ3) is 6.70. The van der Waals surface area contributed by atoms with Crippen LogP contribution in [0.5, 0.6) is 5.75 Å². The van der Waals surface area contributed by atoms with Gasteiger partial charge >= 0.3 is 6.18 Å². The summed E-state index contributed by atoms with van der Waals surface area (Å²) in [5, 5.41) is 8.21. The summed E-state index contributed by atoms with van der Waals surface area (Å²) in [6, 6.07) is 11.4. The van der Waals surface area contributed by atoms with Crippen LogP contribution in [-0.2, 0) is 0 Å². The zero-order chi connectivity index (χ0) is 29.8. The van der Waals surface area contributed by atoms with Gasteiger partial charge in [0.15, 0.2) is 11.7 Å². The lowest BCUT2D eigenvalue weighted by Gasteiger charge is -2.26. The van der Waals surface area contributed by atoms with Gasteiger partial charge in [0.05, 0.1) is 16.8 Å². The fourth-order valence-electron chi connectivity index (χ4n) is 5.12. The van der Waals surface area contributed by atoms with Crippen molar-refractivity contribution in [2.45, 2.75) is 31.5 Å². The van der Waals surface area contributed by atoms with Gasteiger partial charge < -0.3 is 10.1 Å². The van der Waals surface area contributed by atoms with Crippen LogP contribution in [0.1, 0.15) is 40.7 Å². The molecule has 1 atom stereocenters. The summed E-state index contributed by atoms with van der Waals surface area (Å²) in [4.78, 5) is 23.8. The molecule has 1 aliphatic rings. The zero-order valence-electron chi connectivity index (χ0n) is 23.1. The average Bonchev–Trinajstić information content (AvgIpc) is 3.68. The molecule has 0 bridgehead atoms. The van der Waals surface area contributed by atoms with Gasteiger partial charge in [0.2, 0.25) is 0 Å². The summed E-state index contributed by atoms with van der Waals surface area (Å²) in [6.45, 7) is 3.87. The van der Waals surface area contributed by atoms with Crippen molar-refractivity contribution < 1.29 is 22.7 Å². The Balaban J connectivity index is 1.13. The number of ether oxygens (including phenoxy) is 1. The molecule has 1 unspecified atom stereocenters. The molecule has 1 amide bonds. The van der Waals surface area contributed by atoms with E-state index < -0.39 is 18.1 Å². The lowest BCUT2D eigenvalue weighted by atomic mass is 10.1. The lowest BCUT2D eigenvalue weighted by Crippen LogP contribution is -2.38. The number of rotatable bonds is 9. The van der Waals surface area contributed by atoms with E-state index in [1.54, 1.807) is 28.4 Å². The topological polar surface area (TPSA) is 84.7 Å². The number of carbonyl (C=O) groups excluding carboxylic acids is 1. The molecular weight excluding hydrogens is 577 g/mol. The number of hydrogen-bond donors (Lipinski definition) is 1. The molecule has 12 heteroatoms. The molecule has 4 aromatic heterocycles. The maximum Gasteiger partial charge on any atom is 0.414 e. The number of hydrogen-bond acceptors (Lipinski definition) is 7.